The van der Waals surface area contributed by atoms with Crippen LogP contribution in [-0.4, -0.2) is 20.0 Å². The van der Waals surface area contributed by atoms with Crippen molar-refractivity contribution in [3.8, 4) is 0 Å². The molecule has 2 aromatic carbocycles. The lowest BCUT2D eigenvalue weighted by atomic mass is 10.2. The van der Waals surface area contributed by atoms with Crippen LogP contribution in [-0.2, 0) is 22.3 Å². The van der Waals surface area contributed by atoms with E-state index in [0.29, 0.717) is 20.0 Å². The number of ether oxygens (including phenoxy) is 2. The van der Waals surface area contributed by atoms with E-state index in [1.54, 1.807) is 0 Å². The fraction of sp³-hybridized carbons (Fsp3) is 0.294. The van der Waals surface area contributed by atoms with E-state index < -0.39 is 0 Å². The fourth-order valence-electron chi connectivity index (χ4n) is 1.85. The van der Waals surface area contributed by atoms with Gasteiger partial charge in [0.1, 0.15) is 6.79 Å². The number of hydrogen-bond donors (Lipinski definition) is 0. The topological polar surface area (TPSA) is 18.5 Å². The van der Waals surface area contributed by atoms with Gasteiger partial charge in [-0.1, -0.05) is 60.7 Å². The summed E-state index contributed by atoms with van der Waals surface area (Å²) in [5.41, 5.74) is 2.60. The summed E-state index contributed by atoms with van der Waals surface area (Å²) >= 11 is 0. The first-order chi connectivity index (χ1) is 9.45. The first-order valence-corrected chi connectivity index (χ1v) is 6.68. The van der Waals surface area contributed by atoms with Crippen LogP contribution in [0.3, 0.4) is 0 Å². The van der Waals surface area contributed by atoms with Crippen molar-refractivity contribution in [2.75, 3.05) is 20.0 Å². The molecule has 0 N–H and O–H groups in total. The van der Waals surface area contributed by atoms with Gasteiger partial charge in [0, 0.05) is 0 Å². The maximum atomic E-state index is 5.45. The van der Waals surface area contributed by atoms with Crippen molar-refractivity contribution >= 4 is 0 Å². The van der Waals surface area contributed by atoms with Gasteiger partial charge in [-0.15, -0.1) is 0 Å². The number of hydrogen-bond acceptors (Lipinski definition) is 2. The van der Waals surface area contributed by atoms with Crippen molar-refractivity contribution < 1.29 is 9.47 Å². The zero-order chi connectivity index (χ0) is 13.2. The van der Waals surface area contributed by atoms with Crippen molar-refractivity contribution in [2.45, 2.75) is 12.8 Å². The smallest absolute Gasteiger partial charge is 0.146 e. The highest BCUT2D eigenvalue weighted by atomic mass is 16.7. The summed E-state index contributed by atoms with van der Waals surface area (Å²) < 4.78 is 10.9. The van der Waals surface area contributed by atoms with Gasteiger partial charge in [0.25, 0.3) is 0 Å². The second kappa shape index (κ2) is 8.46. The van der Waals surface area contributed by atoms with Crippen molar-refractivity contribution in [1.29, 1.82) is 0 Å². The van der Waals surface area contributed by atoms with Crippen LogP contribution in [0, 0.1) is 0 Å². The highest BCUT2D eigenvalue weighted by Gasteiger charge is 1.94. The first kappa shape index (κ1) is 13.8. The number of rotatable bonds is 8. The van der Waals surface area contributed by atoms with Crippen LogP contribution < -0.4 is 0 Å². The predicted octanol–water partition coefficient (Wildman–Crippen LogP) is 3.46. The minimum atomic E-state index is 0.375. The van der Waals surface area contributed by atoms with E-state index in [1.165, 1.54) is 11.1 Å². The van der Waals surface area contributed by atoms with Gasteiger partial charge >= 0.3 is 0 Å². The first-order valence-electron chi connectivity index (χ1n) is 6.68. The molecule has 0 aromatic heterocycles. The van der Waals surface area contributed by atoms with Gasteiger partial charge in [0.2, 0.25) is 0 Å². The summed E-state index contributed by atoms with van der Waals surface area (Å²) in [6.45, 7) is 1.78. The molecule has 0 radical (unpaired) electrons. The van der Waals surface area contributed by atoms with Gasteiger partial charge < -0.3 is 9.47 Å². The van der Waals surface area contributed by atoms with E-state index in [0.717, 1.165) is 12.8 Å². The molecule has 2 nitrogen and oxygen atoms in total. The average Bonchev–Trinajstić information content (AvgIpc) is 2.48. The molecule has 0 aliphatic carbocycles. The van der Waals surface area contributed by atoms with Crippen molar-refractivity contribution in [2.24, 2.45) is 0 Å². The van der Waals surface area contributed by atoms with E-state index in [4.69, 9.17) is 9.47 Å². The molecule has 0 aliphatic rings. The summed E-state index contributed by atoms with van der Waals surface area (Å²) in [5.74, 6) is 0. The van der Waals surface area contributed by atoms with E-state index in [9.17, 15) is 0 Å². The summed E-state index contributed by atoms with van der Waals surface area (Å²) in [7, 11) is 0. The third kappa shape index (κ3) is 5.69. The van der Waals surface area contributed by atoms with Gasteiger partial charge in [-0.25, -0.2) is 0 Å². The number of benzene rings is 2. The van der Waals surface area contributed by atoms with Gasteiger partial charge in [-0.05, 0) is 24.0 Å². The highest BCUT2D eigenvalue weighted by Crippen LogP contribution is 2.01. The molecule has 2 rings (SSSR count). The van der Waals surface area contributed by atoms with Crippen LogP contribution in [0.25, 0.3) is 0 Å². The summed E-state index contributed by atoms with van der Waals surface area (Å²) in [6.07, 6.45) is 1.87. The molecule has 100 valence electrons. The summed E-state index contributed by atoms with van der Waals surface area (Å²) in [4.78, 5) is 0. The lowest BCUT2D eigenvalue weighted by Gasteiger charge is -2.06. The molecule has 0 bridgehead atoms. The van der Waals surface area contributed by atoms with Crippen LogP contribution >= 0.6 is 0 Å². The Labute approximate surface area is 115 Å². The Morgan fingerprint density at radius 1 is 0.579 bits per heavy atom. The Morgan fingerprint density at radius 3 is 1.42 bits per heavy atom. The van der Waals surface area contributed by atoms with E-state index in [-0.39, 0.29) is 0 Å². The van der Waals surface area contributed by atoms with Gasteiger partial charge in [-0.3, -0.25) is 0 Å². The molecule has 0 aliphatic heterocycles. The maximum Gasteiger partial charge on any atom is 0.146 e. The average molecular weight is 256 g/mol. The molecular weight excluding hydrogens is 236 g/mol. The van der Waals surface area contributed by atoms with Crippen molar-refractivity contribution in [1.82, 2.24) is 0 Å². The monoisotopic (exact) mass is 256 g/mol. The maximum absolute atomic E-state index is 5.45. The van der Waals surface area contributed by atoms with Crippen LogP contribution in [0.2, 0.25) is 0 Å². The SMILES string of the molecule is c1ccc(CCOCOCCc2ccccc2)cc1. The van der Waals surface area contributed by atoms with E-state index in [1.807, 2.05) is 36.4 Å². The Kier molecular flexibility index (Phi) is 6.14. The molecule has 19 heavy (non-hydrogen) atoms. The molecule has 2 heteroatoms. The van der Waals surface area contributed by atoms with Crippen LogP contribution in [0.1, 0.15) is 11.1 Å². The Balaban J connectivity index is 1.49. The van der Waals surface area contributed by atoms with Gasteiger partial charge in [-0.2, -0.15) is 0 Å². The highest BCUT2D eigenvalue weighted by molar-refractivity contribution is 5.15. The van der Waals surface area contributed by atoms with Crippen molar-refractivity contribution in [3.05, 3.63) is 71.8 Å². The van der Waals surface area contributed by atoms with Gasteiger partial charge in [0.15, 0.2) is 0 Å². The molecule has 0 saturated carbocycles. The minimum absolute atomic E-state index is 0.375. The molecule has 2 aromatic rings. The zero-order valence-corrected chi connectivity index (χ0v) is 11.1. The molecule has 0 heterocycles. The third-order valence-electron chi connectivity index (χ3n) is 2.92. The van der Waals surface area contributed by atoms with Crippen LogP contribution in [0.15, 0.2) is 60.7 Å². The predicted molar refractivity (Wildman–Crippen MR) is 77.1 cm³/mol. The quantitative estimate of drug-likeness (QED) is 0.532. The third-order valence-corrected chi connectivity index (χ3v) is 2.92. The molecule has 0 unspecified atom stereocenters. The second-order valence-electron chi connectivity index (χ2n) is 4.41. The molecule has 0 fully saturated rings. The van der Waals surface area contributed by atoms with E-state index in [2.05, 4.69) is 24.3 Å². The van der Waals surface area contributed by atoms with E-state index >= 15 is 0 Å². The summed E-state index contributed by atoms with van der Waals surface area (Å²) in [6, 6.07) is 20.7. The lowest BCUT2D eigenvalue weighted by molar-refractivity contribution is -0.0516. The molecule has 0 amide bonds. The van der Waals surface area contributed by atoms with Gasteiger partial charge in [0.05, 0.1) is 13.2 Å². The Bertz CT molecular complexity index is 396. The largest absolute Gasteiger partial charge is 0.355 e. The Hall–Kier alpha value is -1.64. The zero-order valence-electron chi connectivity index (χ0n) is 11.1. The fourth-order valence-corrected chi connectivity index (χ4v) is 1.85. The summed E-state index contributed by atoms with van der Waals surface area (Å²) in [5, 5.41) is 0. The van der Waals surface area contributed by atoms with Crippen LogP contribution in [0.4, 0.5) is 0 Å². The molecule has 0 atom stereocenters. The normalized spacial score (nSPS) is 10.5. The standard InChI is InChI=1S/C17H20O2/c1-3-7-16(8-4-1)11-13-18-15-19-14-12-17-9-5-2-6-10-17/h1-10H,11-15H2. The second-order valence-corrected chi connectivity index (χ2v) is 4.41. The van der Waals surface area contributed by atoms with Crippen molar-refractivity contribution in [3.63, 3.8) is 0 Å². The molecule has 0 spiro atoms. The lowest BCUT2D eigenvalue weighted by Crippen LogP contribution is -2.06. The minimum Gasteiger partial charge on any atom is -0.355 e. The Morgan fingerprint density at radius 2 is 1.00 bits per heavy atom. The van der Waals surface area contributed by atoms with Crippen LogP contribution in [0.5, 0.6) is 0 Å². The molecule has 0 saturated heterocycles. The molecular formula is C17H20O2.